The number of hydrogen-bond donors (Lipinski definition) is 2. The largest absolute Gasteiger partial charge is 0.495 e. The Morgan fingerprint density at radius 2 is 0.957 bits per heavy atom. The van der Waals surface area contributed by atoms with E-state index >= 15 is 0 Å². The Morgan fingerprint density at radius 1 is 0.652 bits per heavy atom. The maximum Gasteiger partial charge on any atom is 0.243 e. The van der Waals surface area contributed by atoms with Crippen molar-refractivity contribution in [3.63, 3.8) is 0 Å². The van der Waals surface area contributed by atoms with Crippen molar-refractivity contribution in [1.29, 1.82) is 0 Å². The number of carbonyl (C=O) groups excluding carboxylic acids is 2. The molecule has 3 saturated heterocycles. The van der Waals surface area contributed by atoms with Crippen molar-refractivity contribution < 1.29 is 52.7 Å². The van der Waals surface area contributed by atoms with Crippen LogP contribution in [0.3, 0.4) is 0 Å². The summed E-state index contributed by atoms with van der Waals surface area (Å²) < 4.78 is 122. The summed E-state index contributed by atoms with van der Waals surface area (Å²) >= 11 is 0. The molecular weight excluding hydrogens is 689 g/mol. The molecule has 16 nitrogen and oxygen atoms in total. The first kappa shape index (κ1) is 34.0. The normalized spacial score (nSPS) is 25.7. The van der Waals surface area contributed by atoms with Gasteiger partial charge >= 0.3 is 0 Å². The summed E-state index contributed by atoms with van der Waals surface area (Å²) in [5.41, 5.74) is -0.00379. The van der Waals surface area contributed by atoms with E-state index in [0.29, 0.717) is 0 Å². The number of methoxy groups -OCH3 is 2. The van der Waals surface area contributed by atoms with Crippen LogP contribution in [0, 0.1) is 0 Å². The fourth-order valence-corrected chi connectivity index (χ4v) is 14.4. The number of rotatable bonds is 8. The summed E-state index contributed by atoms with van der Waals surface area (Å²) in [6.07, 6.45) is 0. The van der Waals surface area contributed by atoms with Gasteiger partial charge in [-0.2, -0.15) is 8.61 Å². The van der Waals surface area contributed by atoms with Gasteiger partial charge in [-0.15, -0.1) is 0 Å². The predicted molar refractivity (Wildman–Crippen MR) is 165 cm³/mol. The van der Waals surface area contributed by atoms with Gasteiger partial charge in [-0.25, -0.2) is 33.7 Å². The Kier molecular flexibility index (Phi) is 8.69. The Bertz CT molecular complexity index is 1870. The van der Waals surface area contributed by atoms with Crippen LogP contribution in [0.1, 0.15) is 13.8 Å². The first-order chi connectivity index (χ1) is 21.3. The van der Waals surface area contributed by atoms with Crippen molar-refractivity contribution >= 4 is 62.9 Å². The van der Waals surface area contributed by atoms with E-state index in [1.54, 1.807) is 0 Å². The molecule has 3 aliphatic heterocycles. The zero-order valence-electron chi connectivity index (χ0n) is 25.0. The van der Waals surface area contributed by atoms with Gasteiger partial charge in [0, 0.05) is 13.8 Å². The summed E-state index contributed by atoms with van der Waals surface area (Å²) in [6, 6.07) is 1.16. The van der Waals surface area contributed by atoms with Crippen LogP contribution in [0.5, 0.6) is 11.5 Å². The molecule has 46 heavy (non-hydrogen) atoms. The molecule has 0 saturated carbocycles. The van der Waals surface area contributed by atoms with Gasteiger partial charge in [0.05, 0.1) is 82.6 Å². The highest BCUT2D eigenvalue weighted by atomic mass is 32.2. The lowest BCUT2D eigenvalue weighted by atomic mass is 10.0. The van der Waals surface area contributed by atoms with Crippen molar-refractivity contribution in [2.45, 2.75) is 47.8 Å². The number of anilines is 2. The van der Waals surface area contributed by atoms with Gasteiger partial charge in [0.2, 0.25) is 31.9 Å². The van der Waals surface area contributed by atoms with Crippen molar-refractivity contribution in [3.05, 3.63) is 36.4 Å². The van der Waals surface area contributed by atoms with Gasteiger partial charge < -0.3 is 20.1 Å². The van der Waals surface area contributed by atoms with E-state index in [2.05, 4.69) is 10.6 Å². The molecule has 0 bridgehead atoms. The monoisotopic (exact) mass is 720 g/mol. The number of nitrogens with zero attached hydrogens (tertiary/aromatic N) is 2. The van der Waals surface area contributed by atoms with E-state index < -0.39 is 109 Å². The molecule has 0 aliphatic carbocycles. The average Bonchev–Trinajstić information content (AvgIpc) is 3.42. The molecule has 4 atom stereocenters. The molecule has 2 aromatic carbocycles. The van der Waals surface area contributed by atoms with E-state index in [4.69, 9.17) is 9.47 Å². The number of fused-ring (bicyclic) bond motifs is 2. The number of carbonyl (C=O) groups is 2. The van der Waals surface area contributed by atoms with Crippen LogP contribution in [0.2, 0.25) is 0 Å². The van der Waals surface area contributed by atoms with Crippen LogP contribution < -0.4 is 20.1 Å². The lowest BCUT2D eigenvalue weighted by Gasteiger charge is -2.49. The summed E-state index contributed by atoms with van der Waals surface area (Å²) in [6.45, 7) is 2.40. The highest BCUT2D eigenvalue weighted by Crippen LogP contribution is 2.44. The van der Waals surface area contributed by atoms with E-state index in [0.717, 1.165) is 20.7 Å². The quantitative estimate of drug-likeness (QED) is 0.358. The van der Waals surface area contributed by atoms with E-state index in [-0.39, 0.29) is 22.9 Å². The van der Waals surface area contributed by atoms with Crippen LogP contribution in [0.25, 0.3) is 0 Å². The minimum Gasteiger partial charge on any atom is -0.495 e. The Labute approximate surface area is 267 Å². The van der Waals surface area contributed by atoms with E-state index in [1.807, 2.05) is 0 Å². The van der Waals surface area contributed by atoms with Gasteiger partial charge in [0.15, 0.2) is 19.7 Å². The molecule has 0 spiro atoms. The number of piperazine rings is 1. The van der Waals surface area contributed by atoms with E-state index in [1.165, 1.54) is 52.3 Å². The Balaban J connectivity index is 1.68. The molecule has 3 aliphatic rings. The van der Waals surface area contributed by atoms with Crippen molar-refractivity contribution in [2.24, 2.45) is 0 Å². The highest BCUT2D eigenvalue weighted by Gasteiger charge is 2.63. The first-order valence-corrected chi connectivity index (χ1v) is 20.2. The third-order valence-electron chi connectivity index (χ3n) is 8.01. The maximum atomic E-state index is 14.3. The molecule has 3 heterocycles. The third-order valence-corrected chi connectivity index (χ3v) is 15.3. The number of nitrogens with one attached hydrogen (secondary N) is 2. The van der Waals surface area contributed by atoms with Crippen molar-refractivity contribution in [2.75, 3.05) is 47.9 Å². The third kappa shape index (κ3) is 6.08. The summed E-state index contributed by atoms with van der Waals surface area (Å²) in [5.74, 6) is -3.86. The molecule has 2 amide bonds. The van der Waals surface area contributed by atoms with Crippen molar-refractivity contribution in [1.82, 2.24) is 8.61 Å². The Morgan fingerprint density at radius 3 is 1.22 bits per heavy atom. The van der Waals surface area contributed by atoms with Crippen LogP contribution in [-0.2, 0) is 49.3 Å². The molecular formula is C26H32N4O12S4. The standard InChI is InChI=1S/C26H32N4O12S4/c1-15(31)27-19-9-17(5-7-25(19)41-3)45(37,38)29-21-11-43(33,34)13-23(21)30(24-14-44(35,36)12-22(24)29)46(39,40)18-6-8-26(42-4)20(10-18)28-16(2)32/h5-10,21-24H,11-14H2,1-4H3,(H,27,31)(H,28,32)/t21-,22+,23+,24-. The van der Waals surface area contributed by atoms with Gasteiger partial charge in [-0.3, -0.25) is 9.59 Å². The topological polar surface area (TPSA) is 220 Å². The smallest absolute Gasteiger partial charge is 0.243 e. The van der Waals surface area contributed by atoms with Crippen LogP contribution in [0.15, 0.2) is 46.2 Å². The lowest BCUT2D eigenvalue weighted by Crippen LogP contribution is -2.69. The summed E-state index contributed by atoms with van der Waals surface area (Å²) in [4.78, 5) is 22.8. The fourth-order valence-electron chi connectivity index (χ4n) is 6.31. The van der Waals surface area contributed by atoms with Gasteiger partial charge in [0.25, 0.3) is 0 Å². The fraction of sp³-hybridized carbons (Fsp3) is 0.462. The van der Waals surface area contributed by atoms with Gasteiger partial charge in [0.1, 0.15) is 11.5 Å². The SMILES string of the molecule is COc1ccc(S(=O)(=O)N2[C@@H]3CS(=O)(=O)C[C@@H]3N(S(=O)(=O)c3ccc(OC)c(NC(C)=O)c3)[C@@H]3CS(=O)(=O)C[C@@H]32)cc1NC(C)=O. The van der Waals surface area contributed by atoms with Crippen LogP contribution in [-0.4, -0.2) is 115 Å². The number of amides is 2. The summed E-state index contributed by atoms with van der Waals surface area (Å²) in [7, 11) is -14.9. The number of benzene rings is 2. The molecule has 2 aromatic rings. The first-order valence-electron chi connectivity index (χ1n) is 13.7. The second-order valence-corrected chi connectivity index (χ2v) is 19.2. The average molecular weight is 721 g/mol. The highest BCUT2D eigenvalue weighted by molar-refractivity contribution is 7.93. The maximum absolute atomic E-state index is 14.3. The molecule has 5 rings (SSSR count). The predicted octanol–water partition coefficient (Wildman–Crippen LogP) is -0.353. The van der Waals surface area contributed by atoms with Crippen molar-refractivity contribution in [3.8, 4) is 11.5 Å². The van der Waals surface area contributed by atoms with Crippen LogP contribution >= 0.6 is 0 Å². The lowest BCUT2D eigenvalue weighted by molar-refractivity contribution is -0.115. The molecule has 3 fully saturated rings. The molecule has 252 valence electrons. The molecule has 0 unspecified atom stereocenters. The number of sulfonamides is 2. The minimum atomic E-state index is -4.70. The Hall–Kier alpha value is -3.30. The number of ether oxygens (including phenoxy) is 2. The summed E-state index contributed by atoms with van der Waals surface area (Å²) in [5, 5.41) is 4.93. The zero-order chi connectivity index (χ0) is 34.0. The zero-order valence-corrected chi connectivity index (χ0v) is 28.3. The minimum absolute atomic E-state index is 0.00189. The number of sulfone groups is 2. The molecule has 0 aromatic heterocycles. The van der Waals surface area contributed by atoms with E-state index in [9.17, 15) is 43.3 Å². The second-order valence-electron chi connectivity index (χ2n) is 11.2. The van der Waals surface area contributed by atoms with Crippen LogP contribution in [0.4, 0.5) is 11.4 Å². The molecule has 20 heteroatoms. The number of hydrogen-bond acceptors (Lipinski definition) is 12. The molecule has 0 radical (unpaired) electrons. The van der Waals surface area contributed by atoms with Gasteiger partial charge in [-0.05, 0) is 36.4 Å². The second kappa shape index (κ2) is 11.7. The molecule has 2 N–H and O–H groups in total. The van der Waals surface area contributed by atoms with Gasteiger partial charge in [-0.1, -0.05) is 0 Å².